The second-order valence-electron chi connectivity index (χ2n) is 7.08. The van der Waals surface area contributed by atoms with Crippen molar-refractivity contribution in [3.05, 3.63) is 83.2 Å². The van der Waals surface area contributed by atoms with Crippen molar-refractivity contribution in [3.63, 3.8) is 0 Å². The minimum atomic E-state index is 0.0203. The van der Waals surface area contributed by atoms with Crippen LogP contribution in [0.3, 0.4) is 0 Å². The SMILES string of the molecule is Cc1cccc(OCc2cc3n(n2)CC(C)N(Cc2ccccc2)C3=O)c1. The Bertz CT molecular complexity index is 949. The van der Waals surface area contributed by atoms with E-state index in [1.54, 1.807) is 0 Å². The summed E-state index contributed by atoms with van der Waals surface area (Å²) in [7, 11) is 0. The molecule has 1 aliphatic rings. The first kappa shape index (κ1) is 17.3. The third kappa shape index (κ3) is 3.72. The van der Waals surface area contributed by atoms with Crippen molar-refractivity contribution in [3.8, 4) is 5.75 Å². The van der Waals surface area contributed by atoms with Gasteiger partial charge in [-0.2, -0.15) is 5.10 Å². The fourth-order valence-electron chi connectivity index (χ4n) is 3.42. The maximum absolute atomic E-state index is 13.0. The van der Waals surface area contributed by atoms with Crippen molar-refractivity contribution in [2.24, 2.45) is 0 Å². The van der Waals surface area contributed by atoms with Gasteiger partial charge >= 0.3 is 0 Å². The molecule has 0 saturated carbocycles. The van der Waals surface area contributed by atoms with Crippen LogP contribution in [0.2, 0.25) is 0 Å². The third-order valence-corrected chi connectivity index (χ3v) is 4.85. The molecule has 0 spiro atoms. The van der Waals surface area contributed by atoms with Gasteiger partial charge < -0.3 is 9.64 Å². The minimum absolute atomic E-state index is 0.0203. The molecule has 1 unspecified atom stereocenters. The van der Waals surface area contributed by atoms with Crippen LogP contribution in [-0.2, 0) is 19.7 Å². The highest BCUT2D eigenvalue weighted by molar-refractivity contribution is 5.93. The second-order valence-corrected chi connectivity index (χ2v) is 7.08. The summed E-state index contributed by atoms with van der Waals surface area (Å²) >= 11 is 0. The molecule has 1 aromatic heterocycles. The number of ether oxygens (including phenoxy) is 1. The van der Waals surface area contributed by atoms with E-state index in [1.165, 1.54) is 0 Å². The Morgan fingerprint density at radius 1 is 1.11 bits per heavy atom. The van der Waals surface area contributed by atoms with Crippen LogP contribution in [0.15, 0.2) is 60.7 Å². The first-order valence-corrected chi connectivity index (χ1v) is 9.21. The van der Waals surface area contributed by atoms with Crippen molar-refractivity contribution in [1.29, 1.82) is 0 Å². The Hall–Kier alpha value is -3.08. The van der Waals surface area contributed by atoms with E-state index < -0.39 is 0 Å². The number of carbonyl (C=O) groups is 1. The van der Waals surface area contributed by atoms with Gasteiger partial charge in [0.05, 0.1) is 6.54 Å². The molecule has 2 heterocycles. The number of amides is 1. The summed E-state index contributed by atoms with van der Waals surface area (Å²) in [4.78, 5) is 14.9. The van der Waals surface area contributed by atoms with Gasteiger partial charge in [0.15, 0.2) is 0 Å². The monoisotopic (exact) mass is 361 g/mol. The Kier molecular flexibility index (Phi) is 4.67. The van der Waals surface area contributed by atoms with Crippen molar-refractivity contribution < 1.29 is 9.53 Å². The van der Waals surface area contributed by atoms with Crippen LogP contribution in [0.4, 0.5) is 0 Å². The maximum atomic E-state index is 13.0. The average Bonchev–Trinajstić information content (AvgIpc) is 3.07. The molecule has 0 N–H and O–H groups in total. The Labute approximate surface area is 159 Å². The quantitative estimate of drug-likeness (QED) is 0.694. The smallest absolute Gasteiger partial charge is 0.272 e. The first-order chi connectivity index (χ1) is 13.1. The fraction of sp³-hybridized carbons (Fsp3) is 0.273. The van der Waals surface area contributed by atoms with Crippen molar-refractivity contribution >= 4 is 5.91 Å². The number of benzene rings is 2. The van der Waals surface area contributed by atoms with E-state index >= 15 is 0 Å². The number of carbonyl (C=O) groups excluding carboxylic acids is 1. The van der Waals surface area contributed by atoms with Crippen LogP contribution in [-0.4, -0.2) is 26.6 Å². The molecular formula is C22H23N3O2. The minimum Gasteiger partial charge on any atom is -0.487 e. The molecule has 0 radical (unpaired) electrons. The van der Waals surface area contributed by atoms with Crippen molar-refractivity contribution in [2.45, 2.75) is 39.6 Å². The molecule has 1 amide bonds. The molecular weight excluding hydrogens is 338 g/mol. The first-order valence-electron chi connectivity index (χ1n) is 9.21. The highest BCUT2D eigenvalue weighted by Crippen LogP contribution is 2.22. The molecule has 3 aromatic rings. The van der Waals surface area contributed by atoms with Gasteiger partial charge in [0, 0.05) is 12.6 Å². The summed E-state index contributed by atoms with van der Waals surface area (Å²) < 4.78 is 7.64. The highest BCUT2D eigenvalue weighted by atomic mass is 16.5. The van der Waals surface area contributed by atoms with Crippen LogP contribution in [0.25, 0.3) is 0 Å². The van der Waals surface area contributed by atoms with Gasteiger partial charge in [0.2, 0.25) is 0 Å². The Morgan fingerprint density at radius 3 is 2.70 bits per heavy atom. The van der Waals surface area contributed by atoms with Crippen LogP contribution >= 0.6 is 0 Å². The van der Waals surface area contributed by atoms with Gasteiger partial charge in [-0.1, -0.05) is 42.5 Å². The van der Waals surface area contributed by atoms with E-state index in [0.717, 1.165) is 22.6 Å². The van der Waals surface area contributed by atoms with Crippen LogP contribution in [0.5, 0.6) is 5.75 Å². The summed E-state index contributed by atoms with van der Waals surface area (Å²) in [5, 5.41) is 4.57. The zero-order valence-corrected chi connectivity index (χ0v) is 15.6. The summed E-state index contributed by atoms with van der Waals surface area (Å²) in [6.45, 7) is 5.75. The largest absolute Gasteiger partial charge is 0.487 e. The van der Waals surface area contributed by atoms with Gasteiger partial charge in [0.1, 0.15) is 23.7 Å². The van der Waals surface area contributed by atoms with Crippen molar-refractivity contribution in [2.75, 3.05) is 0 Å². The van der Waals surface area contributed by atoms with Gasteiger partial charge in [-0.3, -0.25) is 9.48 Å². The van der Waals surface area contributed by atoms with E-state index in [9.17, 15) is 4.79 Å². The van der Waals surface area contributed by atoms with E-state index in [2.05, 4.69) is 12.0 Å². The predicted molar refractivity (Wildman–Crippen MR) is 104 cm³/mol. The third-order valence-electron chi connectivity index (χ3n) is 4.85. The molecule has 138 valence electrons. The zero-order valence-electron chi connectivity index (χ0n) is 15.6. The van der Waals surface area contributed by atoms with Crippen molar-refractivity contribution in [1.82, 2.24) is 14.7 Å². The number of nitrogens with zero attached hydrogens (tertiary/aromatic N) is 3. The van der Waals surface area contributed by atoms with E-state index in [4.69, 9.17) is 4.74 Å². The lowest BCUT2D eigenvalue weighted by Crippen LogP contribution is -2.46. The molecule has 0 aliphatic carbocycles. The molecule has 4 rings (SSSR count). The molecule has 0 saturated heterocycles. The molecule has 0 bridgehead atoms. The van der Waals surface area contributed by atoms with E-state index in [-0.39, 0.29) is 11.9 Å². The Morgan fingerprint density at radius 2 is 1.93 bits per heavy atom. The second kappa shape index (κ2) is 7.27. The number of fused-ring (bicyclic) bond motifs is 1. The molecule has 27 heavy (non-hydrogen) atoms. The van der Waals surface area contributed by atoms with Gasteiger partial charge in [-0.15, -0.1) is 0 Å². The maximum Gasteiger partial charge on any atom is 0.272 e. The molecule has 1 aliphatic heterocycles. The predicted octanol–water partition coefficient (Wildman–Crippen LogP) is 3.82. The van der Waals surface area contributed by atoms with Crippen LogP contribution < -0.4 is 4.74 Å². The lowest BCUT2D eigenvalue weighted by molar-refractivity contribution is 0.0584. The normalized spacial score (nSPS) is 16.3. The molecule has 5 nitrogen and oxygen atoms in total. The summed E-state index contributed by atoms with van der Waals surface area (Å²) in [6.07, 6.45) is 0. The summed E-state index contributed by atoms with van der Waals surface area (Å²) in [5.74, 6) is 0.832. The number of aryl methyl sites for hydroxylation is 1. The highest BCUT2D eigenvalue weighted by Gasteiger charge is 2.31. The lowest BCUT2D eigenvalue weighted by Gasteiger charge is -2.33. The van der Waals surface area contributed by atoms with Gasteiger partial charge in [-0.25, -0.2) is 0 Å². The summed E-state index contributed by atoms with van der Waals surface area (Å²) in [6, 6.07) is 19.9. The van der Waals surface area contributed by atoms with E-state index in [1.807, 2.05) is 77.2 Å². The summed E-state index contributed by atoms with van der Waals surface area (Å²) in [5.41, 5.74) is 3.69. The number of hydrogen-bond acceptors (Lipinski definition) is 3. The molecule has 5 heteroatoms. The van der Waals surface area contributed by atoms with Crippen LogP contribution in [0, 0.1) is 6.92 Å². The number of aromatic nitrogens is 2. The molecule has 1 atom stereocenters. The van der Waals surface area contributed by atoms with E-state index in [0.29, 0.717) is 25.4 Å². The number of hydrogen-bond donors (Lipinski definition) is 0. The molecule has 0 fully saturated rings. The fourth-order valence-corrected chi connectivity index (χ4v) is 3.42. The van der Waals surface area contributed by atoms with Gasteiger partial charge in [0.25, 0.3) is 5.91 Å². The lowest BCUT2D eigenvalue weighted by atomic mass is 10.1. The Balaban J connectivity index is 1.49. The topological polar surface area (TPSA) is 47.4 Å². The molecule has 2 aromatic carbocycles. The average molecular weight is 361 g/mol. The van der Waals surface area contributed by atoms with Gasteiger partial charge in [-0.05, 0) is 43.2 Å². The number of rotatable bonds is 5. The standard InChI is InChI=1S/C22H23N3O2/c1-16-7-6-10-20(11-16)27-15-19-12-21-22(26)24(17(2)13-25(21)23-19)14-18-8-4-3-5-9-18/h3-12,17H,13-15H2,1-2H3. The zero-order chi connectivity index (χ0) is 18.8. The van der Waals surface area contributed by atoms with Crippen LogP contribution in [0.1, 0.15) is 34.2 Å².